The molecule has 166 valence electrons. The summed E-state index contributed by atoms with van der Waals surface area (Å²) in [5.74, 6) is -2.07. The van der Waals surface area contributed by atoms with Gasteiger partial charge in [-0.05, 0) is 19.1 Å². The molecule has 32 heavy (non-hydrogen) atoms. The third-order valence-corrected chi connectivity index (χ3v) is 7.12. The van der Waals surface area contributed by atoms with Crippen LogP contribution in [0.3, 0.4) is 0 Å². The van der Waals surface area contributed by atoms with Gasteiger partial charge in [0.15, 0.2) is 0 Å². The summed E-state index contributed by atoms with van der Waals surface area (Å²) in [5.41, 5.74) is 1.14. The first kappa shape index (κ1) is 22.4. The summed E-state index contributed by atoms with van der Waals surface area (Å²) in [6, 6.07) is 12.4. The molecule has 2 aromatic carbocycles. The number of aromatic nitrogens is 1. The maximum Gasteiger partial charge on any atom is 0.234 e. The van der Waals surface area contributed by atoms with Gasteiger partial charge >= 0.3 is 0 Å². The lowest BCUT2D eigenvalue weighted by atomic mass is 10.1. The molecule has 0 radical (unpaired) electrons. The molecule has 0 saturated carbocycles. The lowest BCUT2D eigenvalue weighted by Gasteiger charge is -2.30. The number of nitrogens with zero attached hydrogens (tertiary/aromatic N) is 1. The molecular weight excluding hydrogens is 454 g/mol. The van der Waals surface area contributed by atoms with Gasteiger partial charge in [0.05, 0.1) is 23.2 Å². The number of amides is 2. The van der Waals surface area contributed by atoms with Gasteiger partial charge in [-0.1, -0.05) is 30.3 Å². The summed E-state index contributed by atoms with van der Waals surface area (Å²) >= 11 is 2.69. The van der Waals surface area contributed by atoms with Crippen LogP contribution in [0.4, 0.5) is 14.5 Å². The summed E-state index contributed by atoms with van der Waals surface area (Å²) in [5, 5.41) is 9.36. The highest BCUT2D eigenvalue weighted by Crippen LogP contribution is 2.34. The fourth-order valence-electron chi connectivity index (χ4n) is 3.31. The summed E-state index contributed by atoms with van der Waals surface area (Å²) in [6.07, 6.45) is 0.259. The third-order valence-electron chi connectivity index (χ3n) is 4.79. The van der Waals surface area contributed by atoms with Crippen molar-refractivity contribution in [3.05, 3.63) is 70.7 Å². The van der Waals surface area contributed by atoms with E-state index in [4.69, 9.17) is 0 Å². The highest BCUT2D eigenvalue weighted by Gasteiger charge is 2.30. The van der Waals surface area contributed by atoms with Crippen molar-refractivity contribution in [2.75, 3.05) is 11.1 Å². The Morgan fingerprint density at radius 3 is 2.81 bits per heavy atom. The lowest BCUT2D eigenvalue weighted by Crippen LogP contribution is -2.51. The first-order chi connectivity index (χ1) is 15.4. The van der Waals surface area contributed by atoms with Crippen LogP contribution >= 0.6 is 23.1 Å². The molecule has 0 bridgehead atoms. The predicted molar refractivity (Wildman–Crippen MR) is 122 cm³/mol. The number of carbonyl (C=O) groups is 2. The molecule has 2 amide bonds. The Morgan fingerprint density at radius 2 is 2.03 bits per heavy atom. The number of aryl methyl sites for hydroxylation is 1. The quantitative estimate of drug-likeness (QED) is 0.499. The van der Waals surface area contributed by atoms with E-state index in [2.05, 4.69) is 20.9 Å². The standard InChI is InChI=1S/C22H20F2N4O2S2/c1-12-20(32-21(25-12)13-5-3-2-4-6-13)17-10-18(29)28-22(27-17)31-11-19(30)26-16-9-14(23)7-8-15(16)24/h2-9,17,22,27H,10-11H2,1H3,(H,26,30)(H,28,29). The van der Waals surface area contributed by atoms with Crippen molar-refractivity contribution < 1.29 is 18.4 Å². The normalized spacial score (nSPS) is 18.3. The Hall–Kier alpha value is -2.82. The van der Waals surface area contributed by atoms with Gasteiger partial charge in [-0.25, -0.2) is 13.8 Å². The molecule has 1 aromatic heterocycles. The van der Waals surface area contributed by atoms with Crippen LogP contribution in [-0.4, -0.2) is 28.0 Å². The zero-order valence-electron chi connectivity index (χ0n) is 17.0. The lowest BCUT2D eigenvalue weighted by molar-refractivity contribution is -0.123. The van der Waals surface area contributed by atoms with Gasteiger partial charge in [0.25, 0.3) is 0 Å². The average molecular weight is 475 g/mol. The summed E-state index contributed by atoms with van der Waals surface area (Å²) < 4.78 is 27.0. The SMILES string of the molecule is Cc1nc(-c2ccccc2)sc1C1CC(=O)NC(SCC(=O)Nc2cc(F)ccc2F)N1. The van der Waals surface area contributed by atoms with Crippen LogP contribution in [0, 0.1) is 18.6 Å². The fourth-order valence-corrected chi connectivity index (χ4v) is 5.30. The van der Waals surface area contributed by atoms with Crippen LogP contribution in [0.2, 0.25) is 0 Å². The second-order valence-electron chi connectivity index (χ2n) is 7.19. The Balaban J connectivity index is 1.39. The van der Waals surface area contributed by atoms with Gasteiger partial charge in [-0.3, -0.25) is 14.9 Å². The molecule has 2 atom stereocenters. The number of nitrogens with one attached hydrogen (secondary N) is 3. The van der Waals surface area contributed by atoms with Crippen LogP contribution < -0.4 is 16.0 Å². The Labute approximate surface area is 191 Å². The minimum absolute atomic E-state index is 0.0580. The van der Waals surface area contributed by atoms with E-state index < -0.39 is 23.0 Å². The molecule has 2 unspecified atom stereocenters. The molecule has 0 aliphatic carbocycles. The number of halogens is 2. The molecule has 10 heteroatoms. The van der Waals surface area contributed by atoms with Crippen molar-refractivity contribution in [1.82, 2.24) is 15.6 Å². The Bertz CT molecular complexity index is 1140. The molecule has 1 aliphatic heterocycles. The van der Waals surface area contributed by atoms with Crippen LogP contribution in [0.15, 0.2) is 48.5 Å². The largest absolute Gasteiger partial charge is 0.332 e. The number of anilines is 1. The Kier molecular flexibility index (Phi) is 6.83. The molecule has 0 spiro atoms. The van der Waals surface area contributed by atoms with Crippen molar-refractivity contribution in [2.24, 2.45) is 0 Å². The van der Waals surface area contributed by atoms with Crippen molar-refractivity contribution in [3.8, 4) is 10.6 Å². The highest BCUT2D eigenvalue weighted by molar-refractivity contribution is 8.00. The van der Waals surface area contributed by atoms with Gasteiger partial charge in [-0.15, -0.1) is 23.1 Å². The van der Waals surface area contributed by atoms with Crippen LogP contribution in [0.1, 0.15) is 23.0 Å². The smallest absolute Gasteiger partial charge is 0.234 e. The Morgan fingerprint density at radius 1 is 1.25 bits per heavy atom. The fraction of sp³-hybridized carbons (Fsp3) is 0.227. The second-order valence-corrected chi connectivity index (χ2v) is 9.31. The number of rotatable bonds is 6. The maximum absolute atomic E-state index is 13.7. The van der Waals surface area contributed by atoms with Gasteiger partial charge in [0.1, 0.15) is 22.1 Å². The zero-order valence-corrected chi connectivity index (χ0v) is 18.7. The van der Waals surface area contributed by atoms with E-state index >= 15 is 0 Å². The van der Waals surface area contributed by atoms with E-state index in [9.17, 15) is 18.4 Å². The van der Waals surface area contributed by atoms with Crippen molar-refractivity contribution in [1.29, 1.82) is 0 Å². The molecule has 1 fully saturated rings. The van der Waals surface area contributed by atoms with Crippen molar-refractivity contribution in [3.63, 3.8) is 0 Å². The molecule has 4 rings (SSSR count). The highest BCUT2D eigenvalue weighted by atomic mass is 32.2. The third kappa shape index (κ3) is 5.32. The summed E-state index contributed by atoms with van der Waals surface area (Å²) in [4.78, 5) is 30.1. The summed E-state index contributed by atoms with van der Waals surface area (Å²) in [6.45, 7) is 1.91. The minimum atomic E-state index is -0.719. The molecule has 6 nitrogen and oxygen atoms in total. The maximum atomic E-state index is 13.7. The number of thiazole rings is 1. The number of benzene rings is 2. The molecule has 2 heterocycles. The summed E-state index contributed by atoms with van der Waals surface area (Å²) in [7, 11) is 0. The van der Waals surface area contributed by atoms with Crippen LogP contribution in [0.5, 0.6) is 0 Å². The predicted octanol–water partition coefficient (Wildman–Crippen LogP) is 4.20. The van der Waals surface area contributed by atoms with Gasteiger partial charge in [0.2, 0.25) is 11.8 Å². The monoisotopic (exact) mass is 474 g/mol. The molecular formula is C22H20F2N4O2S2. The molecule has 3 N–H and O–H groups in total. The topological polar surface area (TPSA) is 83.1 Å². The van der Waals surface area contributed by atoms with Crippen LogP contribution in [0.25, 0.3) is 10.6 Å². The first-order valence-electron chi connectivity index (χ1n) is 9.83. The van der Waals surface area contributed by atoms with E-state index in [1.807, 2.05) is 37.3 Å². The first-order valence-corrected chi connectivity index (χ1v) is 11.7. The van der Waals surface area contributed by atoms with Crippen molar-refractivity contribution in [2.45, 2.75) is 24.9 Å². The average Bonchev–Trinajstić information content (AvgIpc) is 3.17. The van der Waals surface area contributed by atoms with E-state index in [0.29, 0.717) is 0 Å². The molecule has 1 aliphatic rings. The van der Waals surface area contributed by atoms with Crippen molar-refractivity contribution >= 4 is 40.6 Å². The van der Waals surface area contributed by atoms with E-state index in [1.165, 1.54) is 11.3 Å². The number of hydrogen-bond donors (Lipinski definition) is 3. The van der Waals surface area contributed by atoms with Gasteiger partial charge < -0.3 is 10.6 Å². The van der Waals surface area contributed by atoms with Gasteiger partial charge in [-0.2, -0.15) is 0 Å². The van der Waals surface area contributed by atoms with E-state index in [0.717, 1.165) is 51.1 Å². The minimum Gasteiger partial charge on any atom is -0.332 e. The molecule has 1 saturated heterocycles. The second kappa shape index (κ2) is 9.76. The zero-order chi connectivity index (χ0) is 22.7. The van der Waals surface area contributed by atoms with E-state index in [-0.39, 0.29) is 29.8 Å². The number of hydrogen-bond acceptors (Lipinski definition) is 6. The molecule has 3 aromatic rings. The van der Waals surface area contributed by atoms with Crippen LogP contribution in [-0.2, 0) is 9.59 Å². The number of thioether (sulfide) groups is 1. The number of carbonyl (C=O) groups excluding carboxylic acids is 2. The van der Waals surface area contributed by atoms with Gasteiger partial charge in [0, 0.05) is 22.9 Å². The van der Waals surface area contributed by atoms with E-state index in [1.54, 1.807) is 0 Å².